The molecule has 124 valence electrons. The Bertz CT molecular complexity index is 594. The van der Waals surface area contributed by atoms with E-state index in [9.17, 15) is 9.59 Å². The van der Waals surface area contributed by atoms with Crippen LogP contribution in [-0.4, -0.2) is 17.9 Å². The normalized spacial score (nSPS) is 24.1. The molecule has 6 heteroatoms. The number of anilines is 1. The first-order valence-electron chi connectivity index (χ1n) is 8.10. The number of carbonyl (C=O) groups is 2. The van der Waals surface area contributed by atoms with Gasteiger partial charge in [0, 0.05) is 21.8 Å². The van der Waals surface area contributed by atoms with Gasteiger partial charge in [0.15, 0.2) is 0 Å². The van der Waals surface area contributed by atoms with Gasteiger partial charge in [-0.05, 0) is 37.5 Å². The lowest BCUT2D eigenvalue weighted by Crippen LogP contribution is -2.37. The molecular weight excluding hydrogens is 335 g/mol. The van der Waals surface area contributed by atoms with Crippen molar-refractivity contribution in [2.45, 2.75) is 44.6 Å². The summed E-state index contributed by atoms with van der Waals surface area (Å²) in [4.78, 5) is 24.4. The molecule has 2 N–H and O–H groups in total. The number of halogens is 2. The van der Waals surface area contributed by atoms with Gasteiger partial charge in [-0.25, -0.2) is 0 Å². The van der Waals surface area contributed by atoms with Crippen LogP contribution in [0.15, 0.2) is 18.2 Å². The second-order valence-electron chi connectivity index (χ2n) is 6.44. The number of hydrogen-bond donors (Lipinski definition) is 2. The molecule has 0 saturated heterocycles. The molecule has 2 aliphatic carbocycles. The molecule has 0 radical (unpaired) electrons. The van der Waals surface area contributed by atoms with Gasteiger partial charge in [-0.2, -0.15) is 0 Å². The third-order valence-corrected chi connectivity index (χ3v) is 4.98. The van der Waals surface area contributed by atoms with Crippen molar-refractivity contribution >= 4 is 40.7 Å². The summed E-state index contributed by atoms with van der Waals surface area (Å²) in [5, 5.41) is 6.81. The lowest BCUT2D eigenvalue weighted by molar-refractivity contribution is -0.126. The summed E-state index contributed by atoms with van der Waals surface area (Å²) in [5.74, 6) is -0.587. The zero-order chi connectivity index (χ0) is 16.4. The van der Waals surface area contributed by atoms with E-state index in [2.05, 4.69) is 10.6 Å². The predicted octanol–water partition coefficient (Wildman–Crippen LogP) is 4.02. The van der Waals surface area contributed by atoms with E-state index < -0.39 is 0 Å². The summed E-state index contributed by atoms with van der Waals surface area (Å²) < 4.78 is 0. The molecule has 0 heterocycles. The Kier molecular flexibility index (Phi) is 5.12. The fourth-order valence-electron chi connectivity index (χ4n) is 3.19. The fourth-order valence-corrected chi connectivity index (χ4v) is 3.72. The van der Waals surface area contributed by atoms with Crippen LogP contribution in [0.3, 0.4) is 0 Å². The molecule has 2 unspecified atom stereocenters. The Morgan fingerprint density at radius 2 is 1.52 bits per heavy atom. The molecule has 2 fully saturated rings. The van der Waals surface area contributed by atoms with Gasteiger partial charge in [-0.15, -0.1) is 0 Å². The van der Waals surface area contributed by atoms with Crippen LogP contribution in [-0.2, 0) is 9.59 Å². The van der Waals surface area contributed by atoms with Crippen molar-refractivity contribution in [3.05, 3.63) is 28.2 Å². The zero-order valence-corrected chi connectivity index (χ0v) is 14.3. The average molecular weight is 355 g/mol. The highest BCUT2D eigenvalue weighted by atomic mass is 35.5. The summed E-state index contributed by atoms with van der Waals surface area (Å²) in [6.45, 7) is 0. The quantitative estimate of drug-likeness (QED) is 0.857. The Labute approximate surface area is 145 Å². The van der Waals surface area contributed by atoms with Crippen molar-refractivity contribution in [3.8, 4) is 0 Å². The van der Waals surface area contributed by atoms with E-state index in [-0.39, 0.29) is 29.7 Å². The zero-order valence-electron chi connectivity index (χ0n) is 12.8. The number of hydrogen-bond acceptors (Lipinski definition) is 2. The Morgan fingerprint density at radius 3 is 2.17 bits per heavy atom. The Hall–Kier alpha value is -1.26. The summed E-state index contributed by atoms with van der Waals surface area (Å²) in [5.41, 5.74) is 0.561. The molecule has 1 aromatic rings. The predicted molar refractivity (Wildman–Crippen MR) is 91.7 cm³/mol. The first-order valence-corrected chi connectivity index (χ1v) is 8.86. The highest BCUT2D eigenvalue weighted by Gasteiger charge is 2.48. The van der Waals surface area contributed by atoms with E-state index in [0.29, 0.717) is 22.2 Å². The largest absolute Gasteiger partial charge is 0.353 e. The highest BCUT2D eigenvalue weighted by molar-refractivity contribution is 6.35. The van der Waals surface area contributed by atoms with Crippen molar-refractivity contribution < 1.29 is 9.59 Å². The number of benzene rings is 1. The van der Waals surface area contributed by atoms with Crippen molar-refractivity contribution in [2.24, 2.45) is 11.8 Å². The monoisotopic (exact) mass is 354 g/mol. The molecule has 2 saturated carbocycles. The maximum absolute atomic E-state index is 12.2. The highest BCUT2D eigenvalue weighted by Crippen LogP contribution is 2.40. The van der Waals surface area contributed by atoms with E-state index in [0.717, 1.165) is 12.8 Å². The van der Waals surface area contributed by atoms with E-state index in [4.69, 9.17) is 23.2 Å². The second kappa shape index (κ2) is 7.10. The number of rotatable bonds is 4. The van der Waals surface area contributed by atoms with Gasteiger partial charge in [0.2, 0.25) is 11.8 Å². The van der Waals surface area contributed by atoms with Crippen LogP contribution < -0.4 is 10.6 Å². The maximum atomic E-state index is 12.2. The minimum absolute atomic E-state index is 0.0150. The van der Waals surface area contributed by atoms with Gasteiger partial charge in [-0.1, -0.05) is 42.5 Å². The number of amides is 2. The minimum atomic E-state index is -0.253. The van der Waals surface area contributed by atoms with Crippen molar-refractivity contribution in [1.82, 2.24) is 5.32 Å². The first kappa shape index (κ1) is 16.6. The molecule has 2 atom stereocenters. The topological polar surface area (TPSA) is 58.2 Å². The molecule has 0 spiro atoms. The van der Waals surface area contributed by atoms with E-state index in [1.54, 1.807) is 18.2 Å². The molecule has 23 heavy (non-hydrogen) atoms. The molecule has 4 nitrogen and oxygen atoms in total. The molecule has 1 aromatic carbocycles. The van der Waals surface area contributed by atoms with Gasteiger partial charge >= 0.3 is 0 Å². The molecule has 0 aliphatic heterocycles. The molecule has 0 aromatic heterocycles. The van der Waals surface area contributed by atoms with E-state index >= 15 is 0 Å². The second-order valence-corrected chi connectivity index (χ2v) is 7.31. The number of carbonyl (C=O) groups excluding carboxylic acids is 2. The van der Waals surface area contributed by atoms with Gasteiger partial charge in [0.1, 0.15) is 0 Å². The van der Waals surface area contributed by atoms with Crippen LogP contribution >= 0.6 is 23.2 Å². The van der Waals surface area contributed by atoms with Gasteiger partial charge in [-0.3, -0.25) is 9.59 Å². The summed E-state index contributed by atoms with van der Waals surface area (Å²) in [6, 6.07) is 5.18. The minimum Gasteiger partial charge on any atom is -0.353 e. The summed E-state index contributed by atoms with van der Waals surface area (Å²) in [7, 11) is 0. The summed E-state index contributed by atoms with van der Waals surface area (Å²) in [6.07, 6.45) is 6.32. The molecule has 2 amide bonds. The first-order chi connectivity index (χ1) is 11.0. The van der Waals surface area contributed by atoms with Crippen LogP contribution in [0, 0.1) is 11.8 Å². The van der Waals surface area contributed by atoms with E-state index in [1.807, 2.05) is 0 Å². The number of nitrogens with one attached hydrogen (secondary N) is 2. The van der Waals surface area contributed by atoms with Crippen molar-refractivity contribution in [3.63, 3.8) is 0 Å². The van der Waals surface area contributed by atoms with Crippen LogP contribution in [0.5, 0.6) is 0 Å². The Balaban J connectivity index is 1.51. The third kappa shape index (κ3) is 4.39. The van der Waals surface area contributed by atoms with Crippen LogP contribution in [0.1, 0.15) is 38.5 Å². The van der Waals surface area contributed by atoms with Crippen molar-refractivity contribution in [1.29, 1.82) is 0 Å². The third-order valence-electron chi connectivity index (χ3n) is 4.55. The van der Waals surface area contributed by atoms with Crippen LogP contribution in [0.4, 0.5) is 5.69 Å². The van der Waals surface area contributed by atoms with Gasteiger partial charge in [0.05, 0.1) is 11.8 Å². The maximum Gasteiger partial charge on any atom is 0.228 e. The van der Waals surface area contributed by atoms with Gasteiger partial charge in [0.25, 0.3) is 0 Å². The lowest BCUT2D eigenvalue weighted by atomic mass is 9.95. The SMILES string of the molecule is O=C(Nc1cc(Cl)cc(Cl)c1)C1CC1C(=O)NC1CCCCC1. The molecule has 0 bridgehead atoms. The Morgan fingerprint density at radius 1 is 0.913 bits per heavy atom. The summed E-state index contributed by atoms with van der Waals surface area (Å²) >= 11 is 11.8. The van der Waals surface area contributed by atoms with Gasteiger partial charge < -0.3 is 10.6 Å². The van der Waals surface area contributed by atoms with Crippen LogP contribution in [0.25, 0.3) is 0 Å². The standard InChI is InChI=1S/C17H20Cl2N2O2/c18-10-6-11(19)8-13(7-10)21-17(23)15-9-14(15)16(22)20-12-4-2-1-3-5-12/h6-8,12,14-15H,1-5,9H2,(H,20,22)(H,21,23). The fraction of sp³-hybridized carbons (Fsp3) is 0.529. The van der Waals surface area contributed by atoms with E-state index in [1.165, 1.54) is 19.3 Å². The van der Waals surface area contributed by atoms with Crippen LogP contribution in [0.2, 0.25) is 10.0 Å². The smallest absolute Gasteiger partial charge is 0.228 e. The molecular formula is C17H20Cl2N2O2. The lowest BCUT2D eigenvalue weighted by Gasteiger charge is -2.22. The molecule has 3 rings (SSSR count). The average Bonchev–Trinajstić information content (AvgIpc) is 3.27. The van der Waals surface area contributed by atoms with Crippen molar-refractivity contribution in [2.75, 3.05) is 5.32 Å². The molecule has 2 aliphatic rings.